The molecule has 0 unspecified atom stereocenters. The lowest BCUT2D eigenvalue weighted by molar-refractivity contribution is 0.631. The van der Waals surface area contributed by atoms with Crippen LogP contribution in [0.5, 0.6) is 0 Å². The molecule has 0 bridgehead atoms. The second kappa shape index (κ2) is 9.11. The average molecular weight is 492 g/mol. The minimum Gasteiger partial charge on any atom is -0.0765 e. The molecule has 0 aliphatic carbocycles. The van der Waals surface area contributed by atoms with Crippen LogP contribution >= 0.6 is 63.7 Å². The molecule has 0 fully saturated rings. The van der Waals surface area contributed by atoms with Crippen molar-refractivity contribution in [2.24, 2.45) is 0 Å². The monoisotopic (exact) mass is 488 g/mol. The fraction of sp³-hybridized carbons (Fsp3) is 0.538. The third kappa shape index (κ3) is 6.74. The Morgan fingerprint density at radius 3 is 2.35 bits per heavy atom. The molecule has 0 saturated heterocycles. The minimum absolute atomic E-state index is 0.481. The third-order valence-corrected chi connectivity index (χ3v) is 5.70. The van der Waals surface area contributed by atoms with E-state index in [2.05, 4.69) is 81.9 Å². The number of halogens is 4. The first-order valence-electron chi connectivity index (χ1n) is 5.82. The Kier molecular flexibility index (Phi) is 8.68. The zero-order valence-corrected chi connectivity index (χ0v) is 15.9. The summed E-state index contributed by atoms with van der Waals surface area (Å²) in [4.78, 5) is 0. The molecule has 0 heterocycles. The van der Waals surface area contributed by atoms with Crippen LogP contribution in [0.3, 0.4) is 0 Å². The maximum atomic E-state index is 3.62. The first-order chi connectivity index (χ1) is 8.11. The van der Waals surface area contributed by atoms with Crippen molar-refractivity contribution in [3.8, 4) is 0 Å². The van der Waals surface area contributed by atoms with E-state index in [1.807, 2.05) is 0 Å². The molecule has 0 atom stereocenters. The van der Waals surface area contributed by atoms with Gasteiger partial charge in [-0.1, -0.05) is 63.3 Å². The molecule has 0 saturated carbocycles. The van der Waals surface area contributed by atoms with Crippen LogP contribution in [0, 0.1) is 0 Å². The Morgan fingerprint density at radius 2 is 1.65 bits per heavy atom. The second-order valence-corrected chi connectivity index (χ2v) is 9.14. The van der Waals surface area contributed by atoms with Crippen LogP contribution in [0.2, 0.25) is 0 Å². The molecule has 0 radical (unpaired) electrons. The standard InChI is InChI=1S/C13H16Br4/c14-11-8-5-7-10(13(11)17)6-3-1-2-4-9-12(15)16/h5,7-8,12H,1-4,6,9H2. The van der Waals surface area contributed by atoms with Crippen molar-refractivity contribution < 1.29 is 0 Å². The highest BCUT2D eigenvalue weighted by Crippen LogP contribution is 2.27. The van der Waals surface area contributed by atoms with Gasteiger partial charge in [0.2, 0.25) is 0 Å². The van der Waals surface area contributed by atoms with Crippen molar-refractivity contribution in [2.75, 3.05) is 0 Å². The highest BCUT2D eigenvalue weighted by Gasteiger charge is 2.03. The van der Waals surface area contributed by atoms with Gasteiger partial charge < -0.3 is 0 Å². The van der Waals surface area contributed by atoms with Gasteiger partial charge >= 0.3 is 0 Å². The molecule has 0 aliphatic heterocycles. The lowest BCUT2D eigenvalue weighted by atomic mass is 10.1. The van der Waals surface area contributed by atoms with Crippen LogP contribution in [-0.4, -0.2) is 3.74 Å². The van der Waals surface area contributed by atoms with Gasteiger partial charge in [-0.3, -0.25) is 0 Å². The summed E-state index contributed by atoms with van der Waals surface area (Å²) in [6.45, 7) is 0. The number of hydrogen-bond acceptors (Lipinski definition) is 0. The largest absolute Gasteiger partial charge is 0.0765 e. The fourth-order valence-electron chi connectivity index (χ4n) is 1.71. The van der Waals surface area contributed by atoms with Gasteiger partial charge in [-0.15, -0.1) is 0 Å². The van der Waals surface area contributed by atoms with E-state index in [0.29, 0.717) is 3.74 Å². The van der Waals surface area contributed by atoms with Gasteiger partial charge in [0.05, 0.1) is 3.74 Å². The Hall–Kier alpha value is 1.14. The van der Waals surface area contributed by atoms with Crippen molar-refractivity contribution in [1.29, 1.82) is 0 Å². The Bertz CT molecular complexity index is 336. The predicted octanol–water partition coefficient (Wildman–Crippen LogP) is 6.82. The van der Waals surface area contributed by atoms with Gasteiger partial charge in [0.25, 0.3) is 0 Å². The van der Waals surface area contributed by atoms with Gasteiger partial charge in [0, 0.05) is 8.95 Å². The van der Waals surface area contributed by atoms with E-state index in [1.165, 1.54) is 42.1 Å². The van der Waals surface area contributed by atoms with Crippen molar-refractivity contribution in [3.63, 3.8) is 0 Å². The van der Waals surface area contributed by atoms with Crippen molar-refractivity contribution in [3.05, 3.63) is 32.7 Å². The van der Waals surface area contributed by atoms with E-state index in [1.54, 1.807) is 0 Å². The molecule has 0 nitrogen and oxygen atoms in total. The lowest BCUT2D eigenvalue weighted by Crippen LogP contribution is -1.90. The molecular weight excluding hydrogens is 476 g/mol. The van der Waals surface area contributed by atoms with Crippen LogP contribution < -0.4 is 0 Å². The molecule has 0 spiro atoms. The summed E-state index contributed by atoms with van der Waals surface area (Å²) in [6.07, 6.45) is 7.56. The Morgan fingerprint density at radius 1 is 0.941 bits per heavy atom. The second-order valence-electron chi connectivity index (χ2n) is 4.06. The zero-order chi connectivity index (χ0) is 12.7. The summed E-state index contributed by atoms with van der Waals surface area (Å²) in [5.74, 6) is 0. The molecule has 0 aromatic heterocycles. The van der Waals surface area contributed by atoms with Crippen LogP contribution in [0.4, 0.5) is 0 Å². The van der Waals surface area contributed by atoms with Crippen molar-refractivity contribution in [2.45, 2.75) is 42.3 Å². The molecule has 0 aliphatic rings. The quantitative estimate of drug-likeness (QED) is 0.290. The van der Waals surface area contributed by atoms with Gasteiger partial charge in [-0.2, -0.15) is 0 Å². The number of benzene rings is 1. The number of aryl methyl sites for hydroxylation is 1. The van der Waals surface area contributed by atoms with E-state index < -0.39 is 0 Å². The predicted molar refractivity (Wildman–Crippen MR) is 90.3 cm³/mol. The first-order valence-corrected chi connectivity index (χ1v) is 9.24. The van der Waals surface area contributed by atoms with Crippen LogP contribution in [0.1, 0.15) is 37.7 Å². The smallest absolute Gasteiger partial charge is 0.0697 e. The van der Waals surface area contributed by atoms with Crippen molar-refractivity contribution >= 4 is 63.7 Å². The number of alkyl halides is 2. The maximum Gasteiger partial charge on any atom is 0.0697 e. The normalized spacial score (nSPS) is 11.1. The molecule has 0 amide bonds. The van der Waals surface area contributed by atoms with Gasteiger partial charge in [0.15, 0.2) is 0 Å². The number of unbranched alkanes of at least 4 members (excludes halogenated alkanes) is 3. The minimum atomic E-state index is 0.481. The lowest BCUT2D eigenvalue weighted by Gasteiger charge is -2.06. The number of rotatable bonds is 7. The molecule has 17 heavy (non-hydrogen) atoms. The topological polar surface area (TPSA) is 0 Å². The summed E-state index contributed by atoms with van der Waals surface area (Å²) in [6, 6.07) is 6.37. The van der Waals surface area contributed by atoms with E-state index in [9.17, 15) is 0 Å². The SMILES string of the molecule is Brc1cccc(CCCCCCC(Br)Br)c1Br. The zero-order valence-electron chi connectivity index (χ0n) is 9.56. The maximum absolute atomic E-state index is 3.62. The molecule has 0 N–H and O–H groups in total. The number of hydrogen-bond donors (Lipinski definition) is 0. The Labute approximate surface area is 137 Å². The molecule has 4 heteroatoms. The van der Waals surface area contributed by atoms with E-state index >= 15 is 0 Å². The van der Waals surface area contributed by atoms with Gasteiger partial charge in [-0.05, 0) is 62.8 Å². The first kappa shape index (κ1) is 16.2. The van der Waals surface area contributed by atoms with E-state index in [-0.39, 0.29) is 0 Å². The summed E-state index contributed by atoms with van der Waals surface area (Å²) >= 11 is 14.2. The Balaban J connectivity index is 2.20. The van der Waals surface area contributed by atoms with E-state index in [0.717, 1.165) is 10.9 Å². The average Bonchev–Trinajstić information content (AvgIpc) is 2.28. The van der Waals surface area contributed by atoms with Gasteiger partial charge in [-0.25, -0.2) is 0 Å². The summed E-state index contributed by atoms with van der Waals surface area (Å²) in [7, 11) is 0. The summed E-state index contributed by atoms with van der Waals surface area (Å²) < 4.78 is 2.84. The van der Waals surface area contributed by atoms with Crippen LogP contribution in [0.25, 0.3) is 0 Å². The third-order valence-electron chi connectivity index (χ3n) is 2.65. The summed E-state index contributed by atoms with van der Waals surface area (Å²) in [5, 5.41) is 0. The van der Waals surface area contributed by atoms with Crippen LogP contribution in [0.15, 0.2) is 27.1 Å². The fourth-order valence-corrected chi connectivity index (χ4v) is 3.23. The summed E-state index contributed by atoms with van der Waals surface area (Å²) in [5.41, 5.74) is 1.40. The van der Waals surface area contributed by atoms with Crippen molar-refractivity contribution in [1.82, 2.24) is 0 Å². The molecule has 1 aromatic rings. The molecule has 1 aromatic carbocycles. The van der Waals surface area contributed by atoms with Gasteiger partial charge in [0.1, 0.15) is 0 Å². The molecule has 96 valence electrons. The highest BCUT2D eigenvalue weighted by molar-refractivity contribution is 9.24. The highest BCUT2D eigenvalue weighted by atomic mass is 79.9. The molecular formula is C13H16Br4. The van der Waals surface area contributed by atoms with E-state index in [4.69, 9.17) is 0 Å². The van der Waals surface area contributed by atoms with Crippen LogP contribution in [-0.2, 0) is 6.42 Å². The molecule has 1 rings (SSSR count).